The van der Waals surface area contributed by atoms with Crippen LogP contribution in [0, 0.1) is 0 Å². The lowest BCUT2D eigenvalue weighted by Crippen LogP contribution is -2.36. The maximum Gasteiger partial charge on any atom is 0.319 e. The van der Waals surface area contributed by atoms with Gasteiger partial charge in [-0.05, 0) is 25.0 Å². The summed E-state index contributed by atoms with van der Waals surface area (Å²) in [5.41, 5.74) is 0.751. The van der Waals surface area contributed by atoms with Crippen LogP contribution in [-0.4, -0.2) is 12.1 Å². The van der Waals surface area contributed by atoms with Gasteiger partial charge in [-0.3, -0.25) is 0 Å². The van der Waals surface area contributed by atoms with E-state index < -0.39 is 0 Å². The Balaban J connectivity index is 1.89. The monoisotopic (exact) mass is 236 g/mol. The maximum absolute atomic E-state index is 11.7. The Morgan fingerprint density at radius 1 is 1.25 bits per heavy atom. The minimum atomic E-state index is -0.131. The Hall–Kier alpha value is -1.16. The standard InChI is InChI=1S/C12H16N2OS/c15-12(13-9-5-1-2-6-9)14-10-7-3-4-8-11(10)16/h3-4,7-9,16H,1-2,5-6H2,(H2,13,14,15). The highest BCUT2D eigenvalue weighted by Crippen LogP contribution is 2.20. The summed E-state index contributed by atoms with van der Waals surface area (Å²) in [7, 11) is 0. The fourth-order valence-corrected chi connectivity index (χ4v) is 2.21. The fourth-order valence-electron chi connectivity index (χ4n) is 1.99. The number of amides is 2. The highest BCUT2D eigenvalue weighted by molar-refractivity contribution is 7.80. The molecular weight excluding hydrogens is 220 g/mol. The normalized spacial score (nSPS) is 16.1. The molecule has 1 fully saturated rings. The molecule has 4 heteroatoms. The lowest BCUT2D eigenvalue weighted by Gasteiger charge is -2.13. The number of urea groups is 1. The van der Waals surface area contributed by atoms with E-state index >= 15 is 0 Å². The summed E-state index contributed by atoms with van der Waals surface area (Å²) in [6.45, 7) is 0. The highest BCUT2D eigenvalue weighted by Gasteiger charge is 2.17. The fraction of sp³-hybridized carbons (Fsp3) is 0.417. The van der Waals surface area contributed by atoms with Gasteiger partial charge in [-0.25, -0.2) is 4.79 Å². The van der Waals surface area contributed by atoms with Crippen LogP contribution in [0.25, 0.3) is 0 Å². The predicted molar refractivity (Wildman–Crippen MR) is 68.1 cm³/mol. The van der Waals surface area contributed by atoms with Gasteiger partial charge in [-0.1, -0.05) is 25.0 Å². The summed E-state index contributed by atoms with van der Waals surface area (Å²) >= 11 is 4.28. The average molecular weight is 236 g/mol. The van der Waals surface area contributed by atoms with E-state index in [-0.39, 0.29) is 6.03 Å². The van der Waals surface area contributed by atoms with Gasteiger partial charge in [0.2, 0.25) is 0 Å². The highest BCUT2D eigenvalue weighted by atomic mass is 32.1. The van der Waals surface area contributed by atoms with Gasteiger partial charge in [0.25, 0.3) is 0 Å². The van der Waals surface area contributed by atoms with Gasteiger partial charge in [-0.15, -0.1) is 12.6 Å². The zero-order chi connectivity index (χ0) is 11.4. The molecule has 0 atom stereocenters. The van der Waals surface area contributed by atoms with Gasteiger partial charge < -0.3 is 10.6 Å². The van der Waals surface area contributed by atoms with Crippen LogP contribution in [0.2, 0.25) is 0 Å². The van der Waals surface area contributed by atoms with Crippen LogP contribution in [0.3, 0.4) is 0 Å². The van der Waals surface area contributed by atoms with E-state index in [0.29, 0.717) is 6.04 Å². The Bertz CT molecular complexity index is 375. The molecule has 3 nitrogen and oxygen atoms in total. The molecule has 86 valence electrons. The number of rotatable bonds is 2. The molecule has 1 aliphatic rings. The Morgan fingerprint density at radius 2 is 1.94 bits per heavy atom. The van der Waals surface area contributed by atoms with Crippen LogP contribution in [0.15, 0.2) is 29.2 Å². The van der Waals surface area contributed by atoms with Crippen LogP contribution >= 0.6 is 12.6 Å². The van der Waals surface area contributed by atoms with E-state index in [0.717, 1.165) is 23.4 Å². The molecule has 0 aliphatic heterocycles. The predicted octanol–water partition coefficient (Wildman–Crippen LogP) is 3.04. The first-order chi connectivity index (χ1) is 7.75. The zero-order valence-electron chi connectivity index (χ0n) is 9.07. The van der Waals surface area contributed by atoms with Crippen molar-refractivity contribution in [2.75, 3.05) is 5.32 Å². The number of carbonyl (C=O) groups excluding carboxylic acids is 1. The number of benzene rings is 1. The number of carbonyl (C=O) groups is 1. The topological polar surface area (TPSA) is 41.1 Å². The van der Waals surface area contributed by atoms with E-state index in [1.807, 2.05) is 24.3 Å². The van der Waals surface area contributed by atoms with Crippen molar-refractivity contribution in [1.82, 2.24) is 5.32 Å². The molecule has 0 bridgehead atoms. The molecule has 16 heavy (non-hydrogen) atoms. The number of hydrogen-bond acceptors (Lipinski definition) is 2. The Morgan fingerprint density at radius 3 is 2.62 bits per heavy atom. The van der Waals surface area contributed by atoms with E-state index in [4.69, 9.17) is 0 Å². The molecular formula is C12H16N2OS. The molecule has 2 rings (SSSR count). The summed E-state index contributed by atoms with van der Waals surface area (Å²) < 4.78 is 0. The van der Waals surface area contributed by atoms with E-state index in [9.17, 15) is 4.79 Å². The number of para-hydroxylation sites is 1. The van der Waals surface area contributed by atoms with Crippen molar-refractivity contribution in [1.29, 1.82) is 0 Å². The lowest BCUT2D eigenvalue weighted by atomic mass is 10.2. The maximum atomic E-state index is 11.7. The zero-order valence-corrected chi connectivity index (χ0v) is 9.97. The summed E-state index contributed by atoms with van der Waals surface area (Å²) in [5, 5.41) is 5.78. The molecule has 1 aromatic carbocycles. The SMILES string of the molecule is O=C(Nc1ccccc1S)NC1CCCC1. The molecule has 2 N–H and O–H groups in total. The molecule has 2 amide bonds. The molecule has 0 heterocycles. The van der Waals surface area contributed by atoms with Crippen molar-refractivity contribution in [2.24, 2.45) is 0 Å². The first kappa shape index (κ1) is 11.3. The number of hydrogen-bond donors (Lipinski definition) is 3. The van der Waals surface area contributed by atoms with Gasteiger partial charge in [0.1, 0.15) is 0 Å². The summed E-state index contributed by atoms with van der Waals surface area (Å²) in [6, 6.07) is 7.68. The third-order valence-corrected chi connectivity index (χ3v) is 3.23. The lowest BCUT2D eigenvalue weighted by molar-refractivity contribution is 0.248. The van der Waals surface area contributed by atoms with Crippen molar-refractivity contribution in [3.63, 3.8) is 0 Å². The molecule has 0 aromatic heterocycles. The third kappa shape index (κ3) is 2.92. The van der Waals surface area contributed by atoms with Crippen LogP contribution in [-0.2, 0) is 0 Å². The molecule has 1 saturated carbocycles. The van der Waals surface area contributed by atoms with Crippen LogP contribution < -0.4 is 10.6 Å². The second-order valence-corrected chi connectivity index (χ2v) is 4.58. The summed E-state index contributed by atoms with van der Waals surface area (Å²) in [5.74, 6) is 0. The van der Waals surface area contributed by atoms with Crippen molar-refractivity contribution < 1.29 is 4.79 Å². The summed E-state index contributed by atoms with van der Waals surface area (Å²) in [6.07, 6.45) is 4.62. The van der Waals surface area contributed by atoms with Gasteiger partial charge in [0.15, 0.2) is 0 Å². The molecule has 0 radical (unpaired) electrons. The van der Waals surface area contributed by atoms with Crippen molar-refractivity contribution in [3.8, 4) is 0 Å². The minimum absolute atomic E-state index is 0.131. The number of nitrogens with one attached hydrogen (secondary N) is 2. The Kier molecular flexibility index (Phi) is 3.72. The molecule has 0 saturated heterocycles. The van der Waals surface area contributed by atoms with E-state index in [2.05, 4.69) is 23.3 Å². The molecule has 1 aliphatic carbocycles. The largest absolute Gasteiger partial charge is 0.335 e. The van der Waals surface area contributed by atoms with Gasteiger partial charge in [-0.2, -0.15) is 0 Å². The number of anilines is 1. The summed E-state index contributed by atoms with van der Waals surface area (Å²) in [4.78, 5) is 12.4. The van der Waals surface area contributed by atoms with Crippen LogP contribution in [0.1, 0.15) is 25.7 Å². The van der Waals surface area contributed by atoms with Crippen molar-refractivity contribution in [2.45, 2.75) is 36.6 Å². The minimum Gasteiger partial charge on any atom is -0.335 e. The quantitative estimate of drug-likeness (QED) is 0.679. The van der Waals surface area contributed by atoms with Gasteiger partial charge >= 0.3 is 6.03 Å². The van der Waals surface area contributed by atoms with E-state index in [1.165, 1.54) is 12.8 Å². The number of thiol groups is 1. The molecule has 0 unspecified atom stereocenters. The van der Waals surface area contributed by atoms with Crippen molar-refractivity contribution >= 4 is 24.3 Å². The third-order valence-electron chi connectivity index (χ3n) is 2.84. The first-order valence-electron chi connectivity index (χ1n) is 5.61. The smallest absolute Gasteiger partial charge is 0.319 e. The first-order valence-corrected chi connectivity index (χ1v) is 6.06. The van der Waals surface area contributed by atoms with Crippen LogP contribution in [0.4, 0.5) is 10.5 Å². The molecule has 0 spiro atoms. The molecule has 1 aromatic rings. The van der Waals surface area contributed by atoms with E-state index in [1.54, 1.807) is 0 Å². The van der Waals surface area contributed by atoms with Gasteiger partial charge in [0, 0.05) is 10.9 Å². The van der Waals surface area contributed by atoms with Crippen molar-refractivity contribution in [3.05, 3.63) is 24.3 Å². The van der Waals surface area contributed by atoms with Gasteiger partial charge in [0.05, 0.1) is 5.69 Å². The Labute approximate surface area is 101 Å². The second-order valence-electron chi connectivity index (χ2n) is 4.10. The second kappa shape index (κ2) is 5.25. The van der Waals surface area contributed by atoms with Crippen LogP contribution in [0.5, 0.6) is 0 Å². The average Bonchev–Trinajstić information content (AvgIpc) is 2.74.